The second-order valence-electron chi connectivity index (χ2n) is 6.17. The number of carbonyl (C=O) groups is 2. The quantitative estimate of drug-likeness (QED) is 0.489. The summed E-state index contributed by atoms with van der Waals surface area (Å²) < 4.78 is 32.1. The van der Waals surface area contributed by atoms with Crippen molar-refractivity contribution >= 4 is 38.2 Å². The molecule has 1 heterocycles. The zero-order chi connectivity index (χ0) is 21.6. The van der Waals surface area contributed by atoms with Crippen LogP contribution in [0.4, 0.5) is 5.13 Å². The predicted molar refractivity (Wildman–Crippen MR) is 113 cm³/mol. The fraction of sp³-hybridized carbons (Fsp3) is 0.150. The largest absolute Gasteiger partial charge is 0.497 e. The van der Waals surface area contributed by atoms with Gasteiger partial charge in [0.25, 0.3) is 10.0 Å². The Morgan fingerprint density at radius 3 is 2.43 bits per heavy atom. The van der Waals surface area contributed by atoms with Crippen LogP contribution in [0, 0.1) is 0 Å². The lowest BCUT2D eigenvalue weighted by atomic mass is 10.1. The van der Waals surface area contributed by atoms with Crippen LogP contribution < -0.4 is 14.8 Å². The van der Waals surface area contributed by atoms with E-state index in [4.69, 9.17) is 4.74 Å². The standard InChI is InChI=1S/C20H19N3O5S2/c1-28-16-9-7-14(8-10-16)18(24)12-21-19(25)11-15-13-29-20(22-15)23-30(26,27)17-5-3-2-4-6-17/h2-10,13H,11-12H2,1H3,(H,21,25)(H,22,23). The number of rotatable bonds is 9. The average Bonchev–Trinajstić information content (AvgIpc) is 3.18. The SMILES string of the molecule is COc1ccc(C(=O)CNC(=O)Cc2csc(NS(=O)(=O)c3ccccc3)n2)cc1. The maximum atomic E-state index is 12.3. The van der Waals surface area contributed by atoms with Crippen LogP contribution in [0.25, 0.3) is 0 Å². The Hall–Kier alpha value is -3.24. The Morgan fingerprint density at radius 1 is 1.07 bits per heavy atom. The first-order chi connectivity index (χ1) is 14.4. The first-order valence-corrected chi connectivity index (χ1v) is 11.2. The van der Waals surface area contributed by atoms with E-state index in [9.17, 15) is 18.0 Å². The second-order valence-corrected chi connectivity index (χ2v) is 8.71. The van der Waals surface area contributed by atoms with Crippen LogP contribution in [0.5, 0.6) is 5.75 Å². The van der Waals surface area contributed by atoms with E-state index in [0.29, 0.717) is 17.0 Å². The van der Waals surface area contributed by atoms with Gasteiger partial charge in [-0.05, 0) is 36.4 Å². The van der Waals surface area contributed by atoms with Gasteiger partial charge in [0.15, 0.2) is 10.9 Å². The minimum Gasteiger partial charge on any atom is -0.497 e. The lowest BCUT2D eigenvalue weighted by molar-refractivity contribution is -0.120. The molecule has 0 radical (unpaired) electrons. The molecule has 10 heteroatoms. The summed E-state index contributed by atoms with van der Waals surface area (Å²) in [6, 6.07) is 14.5. The van der Waals surface area contributed by atoms with Crippen LogP contribution >= 0.6 is 11.3 Å². The van der Waals surface area contributed by atoms with Crippen LogP contribution in [0.15, 0.2) is 64.9 Å². The number of benzene rings is 2. The Balaban J connectivity index is 1.52. The third-order valence-corrected chi connectivity index (χ3v) is 6.32. The zero-order valence-electron chi connectivity index (χ0n) is 16.0. The van der Waals surface area contributed by atoms with E-state index in [-0.39, 0.29) is 34.7 Å². The summed E-state index contributed by atoms with van der Waals surface area (Å²) in [5.74, 6) is 0.0121. The molecule has 0 aliphatic rings. The van der Waals surface area contributed by atoms with Crippen LogP contribution in [0.2, 0.25) is 0 Å². The van der Waals surface area contributed by atoms with Crippen molar-refractivity contribution in [2.75, 3.05) is 18.4 Å². The summed E-state index contributed by atoms with van der Waals surface area (Å²) in [7, 11) is -2.21. The van der Waals surface area contributed by atoms with Crippen molar-refractivity contribution in [1.82, 2.24) is 10.3 Å². The van der Waals surface area contributed by atoms with Crippen molar-refractivity contribution in [3.05, 3.63) is 71.2 Å². The Morgan fingerprint density at radius 2 is 1.77 bits per heavy atom. The average molecular weight is 446 g/mol. The lowest BCUT2D eigenvalue weighted by Crippen LogP contribution is -2.30. The monoisotopic (exact) mass is 445 g/mol. The summed E-state index contributed by atoms with van der Waals surface area (Å²) in [4.78, 5) is 28.5. The van der Waals surface area contributed by atoms with Gasteiger partial charge in [0.2, 0.25) is 5.91 Å². The number of amides is 1. The van der Waals surface area contributed by atoms with E-state index in [1.54, 1.807) is 47.8 Å². The lowest BCUT2D eigenvalue weighted by Gasteiger charge is -2.05. The van der Waals surface area contributed by atoms with Gasteiger partial charge in [0.1, 0.15) is 5.75 Å². The molecule has 0 aliphatic carbocycles. The van der Waals surface area contributed by atoms with E-state index >= 15 is 0 Å². The van der Waals surface area contributed by atoms with Gasteiger partial charge in [-0.3, -0.25) is 14.3 Å². The minimum absolute atomic E-state index is 0.0700. The zero-order valence-corrected chi connectivity index (χ0v) is 17.6. The van der Waals surface area contributed by atoms with Gasteiger partial charge in [0.05, 0.1) is 30.7 Å². The number of Topliss-reactive ketones (excluding diaryl/α,β-unsaturated/α-hetero) is 1. The number of nitrogens with zero attached hydrogens (tertiary/aromatic N) is 1. The predicted octanol–water partition coefficient (Wildman–Crippen LogP) is 2.49. The molecule has 0 fully saturated rings. The number of thiazole rings is 1. The van der Waals surface area contributed by atoms with Crippen LogP contribution in [0.3, 0.4) is 0 Å². The summed E-state index contributed by atoms with van der Waals surface area (Å²) in [5.41, 5.74) is 0.863. The molecule has 3 aromatic rings. The van der Waals surface area contributed by atoms with Crippen molar-refractivity contribution in [2.45, 2.75) is 11.3 Å². The second kappa shape index (κ2) is 9.51. The molecule has 0 atom stereocenters. The minimum atomic E-state index is -3.74. The summed E-state index contributed by atoms with van der Waals surface area (Å²) in [6.45, 7) is -0.150. The van der Waals surface area contributed by atoms with E-state index in [1.165, 1.54) is 19.2 Å². The Kier molecular flexibility index (Phi) is 6.80. The molecular weight excluding hydrogens is 426 g/mol. The molecule has 0 aliphatic heterocycles. The summed E-state index contributed by atoms with van der Waals surface area (Å²) >= 11 is 1.08. The highest BCUT2D eigenvalue weighted by Crippen LogP contribution is 2.20. The number of sulfonamides is 1. The number of hydrogen-bond acceptors (Lipinski definition) is 7. The molecule has 1 amide bonds. The normalized spacial score (nSPS) is 11.0. The smallest absolute Gasteiger partial charge is 0.263 e. The van der Waals surface area contributed by atoms with Gasteiger partial charge in [-0.1, -0.05) is 18.2 Å². The topological polar surface area (TPSA) is 114 Å². The molecule has 0 bridgehead atoms. The highest BCUT2D eigenvalue weighted by Gasteiger charge is 2.16. The first-order valence-electron chi connectivity index (χ1n) is 8.83. The van der Waals surface area contributed by atoms with Gasteiger partial charge in [0, 0.05) is 10.9 Å². The van der Waals surface area contributed by atoms with Crippen molar-refractivity contribution < 1.29 is 22.7 Å². The molecule has 3 rings (SSSR count). The number of anilines is 1. The third-order valence-electron chi connectivity index (χ3n) is 4.03. The van der Waals surface area contributed by atoms with Gasteiger partial charge in [-0.15, -0.1) is 11.3 Å². The van der Waals surface area contributed by atoms with E-state index in [1.807, 2.05) is 0 Å². The molecule has 0 saturated heterocycles. The van der Waals surface area contributed by atoms with E-state index in [0.717, 1.165) is 11.3 Å². The van der Waals surface area contributed by atoms with E-state index < -0.39 is 10.0 Å². The highest BCUT2D eigenvalue weighted by molar-refractivity contribution is 7.93. The van der Waals surface area contributed by atoms with Crippen molar-refractivity contribution in [3.63, 3.8) is 0 Å². The van der Waals surface area contributed by atoms with Crippen molar-refractivity contribution in [3.8, 4) is 5.75 Å². The fourth-order valence-electron chi connectivity index (χ4n) is 2.49. The molecular formula is C20H19N3O5S2. The molecule has 0 unspecified atom stereocenters. The fourth-order valence-corrected chi connectivity index (χ4v) is 4.48. The number of ketones is 1. The number of methoxy groups -OCH3 is 1. The number of aromatic nitrogens is 1. The van der Waals surface area contributed by atoms with Crippen molar-refractivity contribution in [1.29, 1.82) is 0 Å². The van der Waals surface area contributed by atoms with E-state index in [2.05, 4.69) is 15.0 Å². The molecule has 30 heavy (non-hydrogen) atoms. The molecule has 2 aromatic carbocycles. The van der Waals surface area contributed by atoms with Crippen LogP contribution in [-0.2, 0) is 21.2 Å². The molecule has 0 spiro atoms. The van der Waals surface area contributed by atoms with Crippen LogP contribution in [0.1, 0.15) is 16.1 Å². The number of ether oxygens (including phenoxy) is 1. The Bertz CT molecular complexity index is 1130. The molecule has 8 nitrogen and oxygen atoms in total. The van der Waals surface area contributed by atoms with Crippen LogP contribution in [-0.4, -0.2) is 38.7 Å². The van der Waals surface area contributed by atoms with Gasteiger partial charge in [-0.2, -0.15) is 0 Å². The maximum absolute atomic E-state index is 12.3. The summed E-state index contributed by atoms with van der Waals surface area (Å²) in [6.07, 6.45) is -0.0700. The number of nitrogens with one attached hydrogen (secondary N) is 2. The molecule has 1 aromatic heterocycles. The molecule has 2 N–H and O–H groups in total. The van der Waals surface area contributed by atoms with Gasteiger partial charge in [-0.25, -0.2) is 13.4 Å². The van der Waals surface area contributed by atoms with Gasteiger partial charge < -0.3 is 10.1 Å². The molecule has 0 saturated carbocycles. The number of hydrogen-bond donors (Lipinski definition) is 2. The van der Waals surface area contributed by atoms with Crippen molar-refractivity contribution in [2.24, 2.45) is 0 Å². The molecule has 156 valence electrons. The number of carbonyl (C=O) groups excluding carboxylic acids is 2. The first kappa shape index (κ1) is 21.5. The third kappa shape index (κ3) is 5.65. The van der Waals surface area contributed by atoms with Gasteiger partial charge >= 0.3 is 0 Å². The maximum Gasteiger partial charge on any atom is 0.263 e. The summed E-state index contributed by atoms with van der Waals surface area (Å²) in [5, 5.41) is 4.30. The Labute approximate surface area is 178 Å². The highest BCUT2D eigenvalue weighted by atomic mass is 32.2.